The van der Waals surface area contributed by atoms with Crippen LogP contribution in [0.3, 0.4) is 0 Å². The molecular formula is C11H13FO4. The van der Waals surface area contributed by atoms with Crippen molar-refractivity contribution in [3.05, 3.63) is 35.6 Å². The second kappa shape index (κ2) is 4.88. The number of aliphatic hydroxyl groups excluding tert-OH is 2. The Bertz CT molecular complexity index is 346. The van der Waals surface area contributed by atoms with Crippen molar-refractivity contribution in [3.63, 3.8) is 0 Å². The molecule has 0 aromatic heterocycles. The first kappa shape index (κ1) is 11.5. The van der Waals surface area contributed by atoms with Gasteiger partial charge >= 0.3 is 0 Å². The van der Waals surface area contributed by atoms with E-state index >= 15 is 0 Å². The molecule has 1 aromatic rings. The highest BCUT2D eigenvalue weighted by Gasteiger charge is 2.36. The molecule has 4 nitrogen and oxygen atoms in total. The number of aliphatic hydroxyl groups is 2. The predicted octanol–water partition coefficient (Wildman–Crippen LogP) is 0.593. The Balaban J connectivity index is 2.12. The zero-order chi connectivity index (χ0) is 11.5. The van der Waals surface area contributed by atoms with Crippen LogP contribution in [0.25, 0.3) is 0 Å². The van der Waals surface area contributed by atoms with Crippen molar-refractivity contribution in [2.75, 3.05) is 13.2 Å². The second-order valence-corrected chi connectivity index (χ2v) is 3.60. The predicted molar refractivity (Wildman–Crippen MR) is 53.1 cm³/mol. The van der Waals surface area contributed by atoms with Crippen LogP contribution < -0.4 is 0 Å². The summed E-state index contributed by atoms with van der Waals surface area (Å²) < 4.78 is 23.7. The Morgan fingerprint density at radius 3 is 2.25 bits per heavy atom. The fourth-order valence-electron chi connectivity index (χ4n) is 1.66. The van der Waals surface area contributed by atoms with E-state index in [4.69, 9.17) is 19.7 Å². The fourth-order valence-corrected chi connectivity index (χ4v) is 1.66. The van der Waals surface area contributed by atoms with Crippen LogP contribution in [-0.4, -0.2) is 35.6 Å². The SMILES string of the molecule is OCC1OC(c2cccc(F)c2)OC1CO. The number of halogens is 1. The van der Waals surface area contributed by atoms with Crippen molar-refractivity contribution in [1.82, 2.24) is 0 Å². The number of rotatable bonds is 3. The average molecular weight is 228 g/mol. The molecule has 0 spiro atoms. The first-order chi connectivity index (χ1) is 7.74. The molecule has 2 unspecified atom stereocenters. The van der Waals surface area contributed by atoms with Crippen LogP contribution in [0.5, 0.6) is 0 Å². The first-order valence-corrected chi connectivity index (χ1v) is 5.02. The lowest BCUT2D eigenvalue weighted by molar-refractivity contribution is -0.0772. The molecule has 1 fully saturated rings. The molecule has 16 heavy (non-hydrogen) atoms. The molecule has 5 heteroatoms. The monoisotopic (exact) mass is 228 g/mol. The average Bonchev–Trinajstić information content (AvgIpc) is 2.72. The van der Waals surface area contributed by atoms with E-state index in [1.54, 1.807) is 12.1 Å². The van der Waals surface area contributed by atoms with Crippen molar-refractivity contribution < 1.29 is 24.1 Å². The lowest BCUT2D eigenvalue weighted by Gasteiger charge is -2.10. The van der Waals surface area contributed by atoms with E-state index in [-0.39, 0.29) is 19.0 Å². The number of hydrogen-bond donors (Lipinski definition) is 2. The van der Waals surface area contributed by atoms with E-state index in [2.05, 4.69) is 0 Å². The lowest BCUT2D eigenvalue weighted by Crippen LogP contribution is -2.29. The van der Waals surface area contributed by atoms with Crippen LogP contribution in [0.4, 0.5) is 4.39 Å². The van der Waals surface area contributed by atoms with Crippen LogP contribution >= 0.6 is 0 Å². The Labute approximate surface area is 92.2 Å². The highest BCUT2D eigenvalue weighted by molar-refractivity contribution is 5.18. The van der Waals surface area contributed by atoms with Gasteiger partial charge in [0.25, 0.3) is 0 Å². The third kappa shape index (κ3) is 2.22. The van der Waals surface area contributed by atoms with Crippen molar-refractivity contribution in [2.45, 2.75) is 18.5 Å². The molecule has 0 aliphatic carbocycles. The molecule has 1 heterocycles. The van der Waals surface area contributed by atoms with E-state index in [9.17, 15) is 4.39 Å². The third-order valence-corrected chi connectivity index (χ3v) is 2.49. The largest absolute Gasteiger partial charge is 0.394 e. The molecule has 1 saturated heterocycles. The fraction of sp³-hybridized carbons (Fsp3) is 0.455. The van der Waals surface area contributed by atoms with E-state index in [1.165, 1.54) is 12.1 Å². The van der Waals surface area contributed by atoms with E-state index in [0.29, 0.717) is 5.56 Å². The van der Waals surface area contributed by atoms with Gasteiger partial charge in [-0.3, -0.25) is 0 Å². The van der Waals surface area contributed by atoms with Gasteiger partial charge in [0.15, 0.2) is 6.29 Å². The Morgan fingerprint density at radius 2 is 1.75 bits per heavy atom. The molecule has 2 atom stereocenters. The summed E-state index contributed by atoms with van der Waals surface area (Å²) in [7, 11) is 0. The van der Waals surface area contributed by atoms with Gasteiger partial charge in [0.05, 0.1) is 13.2 Å². The third-order valence-electron chi connectivity index (χ3n) is 2.49. The summed E-state index contributed by atoms with van der Waals surface area (Å²) in [4.78, 5) is 0. The van der Waals surface area contributed by atoms with Crippen molar-refractivity contribution >= 4 is 0 Å². The maximum atomic E-state index is 13.0. The Morgan fingerprint density at radius 1 is 1.12 bits per heavy atom. The summed E-state index contributed by atoms with van der Waals surface area (Å²) in [6.45, 7) is -0.478. The van der Waals surface area contributed by atoms with Gasteiger partial charge in [0.2, 0.25) is 0 Å². The molecule has 0 bridgehead atoms. The molecule has 1 aliphatic rings. The van der Waals surface area contributed by atoms with Crippen molar-refractivity contribution in [2.24, 2.45) is 0 Å². The van der Waals surface area contributed by atoms with Gasteiger partial charge in [0.1, 0.15) is 18.0 Å². The molecule has 1 aromatic carbocycles. The summed E-state index contributed by atoms with van der Waals surface area (Å²) in [6, 6.07) is 5.85. The zero-order valence-corrected chi connectivity index (χ0v) is 8.54. The maximum Gasteiger partial charge on any atom is 0.185 e. The van der Waals surface area contributed by atoms with Gasteiger partial charge in [-0.1, -0.05) is 12.1 Å². The number of ether oxygens (including phenoxy) is 2. The zero-order valence-electron chi connectivity index (χ0n) is 8.54. The van der Waals surface area contributed by atoms with Crippen molar-refractivity contribution in [3.8, 4) is 0 Å². The summed E-state index contributed by atoms with van der Waals surface area (Å²) in [5.74, 6) is -0.377. The van der Waals surface area contributed by atoms with Crippen LogP contribution in [0.15, 0.2) is 24.3 Å². The van der Waals surface area contributed by atoms with Crippen LogP contribution in [0.1, 0.15) is 11.9 Å². The standard InChI is InChI=1S/C11H13FO4/c12-8-3-1-2-7(4-8)11-15-9(5-13)10(6-14)16-11/h1-4,9-11,13-14H,5-6H2. The molecule has 0 radical (unpaired) electrons. The summed E-state index contributed by atoms with van der Waals surface area (Å²) in [5.41, 5.74) is 0.536. The summed E-state index contributed by atoms with van der Waals surface area (Å²) >= 11 is 0. The minimum atomic E-state index is -0.731. The lowest BCUT2D eigenvalue weighted by atomic mass is 10.2. The number of hydrogen-bond acceptors (Lipinski definition) is 4. The van der Waals surface area contributed by atoms with E-state index < -0.39 is 18.5 Å². The molecule has 88 valence electrons. The smallest absolute Gasteiger partial charge is 0.185 e. The van der Waals surface area contributed by atoms with E-state index in [1.807, 2.05) is 0 Å². The van der Waals surface area contributed by atoms with Gasteiger partial charge in [-0.05, 0) is 12.1 Å². The van der Waals surface area contributed by atoms with E-state index in [0.717, 1.165) is 0 Å². The number of benzene rings is 1. The molecule has 0 amide bonds. The van der Waals surface area contributed by atoms with Crippen molar-refractivity contribution in [1.29, 1.82) is 0 Å². The first-order valence-electron chi connectivity index (χ1n) is 5.02. The quantitative estimate of drug-likeness (QED) is 0.795. The molecule has 2 rings (SSSR count). The van der Waals surface area contributed by atoms with Gasteiger partial charge in [0, 0.05) is 5.56 Å². The molecule has 1 aliphatic heterocycles. The van der Waals surface area contributed by atoms with Crippen LogP contribution in [0.2, 0.25) is 0 Å². The van der Waals surface area contributed by atoms with Gasteiger partial charge in [-0.2, -0.15) is 0 Å². The minimum Gasteiger partial charge on any atom is -0.394 e. The van der Waals surface area contributed by atoms with Gasteiger partial charge < -0.3 is 19.7 Å². The normalized spacial score (nSPS) is 29.6. The van der Waals surface area contributed by atoms with Crippen LogP contribution in [0, 0.1) is 5.82 Å². The van der Waals surface area contributed by atoms with Gasteiger partial charge in [-0.25, -0.2) is 4.39 Å². The highest BCUT2D eigenvalue weighted by Crippen LogP contribution is 2.31. The molecule has 0 saturated carbocycles. The Kier molecular flexibility index (Phi) is 3.50. The van der Waals surface area contributed by atoms with Gasteiger partial charge in [-0.15, -0.1) is 0 Å². The molecule has 2 N–H and O–H groups in total. The Hall–Kier alpha value is -1.01. The highest BCUT2D eigenvalue weighted by atomic mass is 19.1. The topological polar surface area (TPSA) is 58.9 Å². The minimum absolute atomic E-state index is 0.239. The van der Waals surface area contributed by atoms with Crippen LogP contribution in [-0.2, 0) is 9.47 Å². The second-order valence-electron chi connectivity index (χ2n) is 3.60. The summed E-state index contributed by atoms with van der Waals surface area (Å²) in [6.07, 6.45) is -1.87. The maximum absolute atomic E-state index is 13.0. The molecular weight excluding hydrogens is 215 g/mol. The summed E-state index contributed by atoms with van der Waals surface area (Å²) in [5, 5.41) is 18.0.